The number of carbonyl (C=O) groups excluding carboxylic acids is 4. The zero-order valence-electron chi connectivity index (χ0n) is 19.1. The molecule has 2 N–H and O–H groups in total. The van der Waals surface area contributed by atoms with Gasteiger partial charge in [0.25, 0.3) is 5.91 Å². The molecule has 0 radical (unpaired) electrons. The second-order valence-electron chi connectivity index (χ2n) is 8.92. The van der Waals surface area contributed by atoms with Gasteiger partial charge in [0.05, 0.1) is 5.75 Å². The molecule has 0 saturated carbocycles. The highest BCUT2D eigenvalue weighted by Crippen LogP contribution is 2.42. The van der Waals surface area contributed by atoms with E-state index in [-0.39, 0.29) is 11.5 Å². The smallest absolute Gasteiger partial charge is 0.321 e. The molecule has 0 aromatic heterocycles. The summed E-state index contributed by atoms with van der Waals surface area (Å²) in [5.74, 6) is -1.33. The zero-order valence-corrected chi connectivity index (χ0v) is 19.9. The molecule has 3 amide bonds. The van der Waals surface area contributed by atoms with Crippen LogP contribution in [-0.2, 0) is 14.3 Å². The number of thioether (sulfide) groups is 1. The Bertz CT molecular complexity index is 1330. The van der Waals surface area contributed by atoms with E-state index in [1.165, 1.54) is 11.8 Å². The molecule has 1 aliphatic carbocycles. The van der Waals surface area contributed by atoms with Gasteiger partial charge in [0.1, 0.15) is 0 Å². The fourth-order valence-electron chi connectivity index (χ4n) is 3.84. The lowest BCUT2D eigenvalue weighted by Crippen LogP contribution is -2.49. The SMILES string of the molecule is CC(C)(C)NC(=O)NC(=O)COC(=O)CSc1ccc2c3c(cccc13)C(=O)c1ccccc1-2. The Morgan fingerprint density at radius 1 is 0.882 bits per heavy atom. The largest absolute Gasteiger partial charge is 0.455 e. The second kappa shape index (κ2) is 9.30. The lowest BCUT2D eigenvalue weighted by atomic mass is 9.83. The number of ketones is 1. The Balaban J connectivity index is 1.43. The van der Waals surface area contributed by atoms with Gasteiger partial charge >= 0.3 is 12.0 Å². The van der Waals surface area contributed by atoms with E-state index in [1.807, 2.05) is 54.6 Å². The van der Waals surface area contributed by atoms with Crippen molar-refractivity contribution < 1.29 is 23.9 Å². The molecule has 3 aromatic carbocycles. The third-order valence-corrected chi connectivity index (χ3v) is 6.21. The minimum atomic E-state index is -0.709. The summed E-state index contributed by atoms with van der Waals surface area (Å²) in [5.41, 5.74) is 2.71. The van der Waals surface area contributed by atoms with Crippen LogP contribution in [0.5, 0.6) is 0 Å². The van der Waals surface area contributed by atoms with Crippen molar-refractivity contribution in [3.05, 3.63) is 65.7 Å². The fourth-order valence-corrected chi connectivity index (χ4v) is 4.69. The first-order valence-corrected chi connectivity index (χ1v) is 11.7. The number of ether oxygens (including phenoxy) is 1. The van der Waals surface area contributed by atoms with Gasteiger partial charge in [-0.3, -0.25) is 19.7 Å². The van der Waals surface area contributed by atoms with Gasteiger partial charge in [-0.25, -0.2) is 4.79 Å². The Kier molecular flexibility index (Phi) is 6.43. The lowest BCUT2D eigenvalue weighted by molar-refractivity contribution is -0.145. The Morgan fingerprint density at radius 3 is 2.32 bits per heavy atom. The number of benzene rings is 3. The topological polar surface area (TPSA) is 102 Å². The number of nitrogens with one attached hydrogen (secondary N) is 2. The standard InChI is InChI=1S/C26H24N2O5S/c1-26(2,3)28-25(32)27-21(29)13-33-22(30)14-34-20-12-11-16-15-7-4-5-8-17(15)24(31)19-10-6-9-18(20)23(16)19/h4-12H,13-14H2,1-3H3,(H2,27,28,29,32). The fraction of sp³-hybridized carbons (Fsp3) is 0.231. The maximum Gasteiger partial charge on any atom is 0.321 e. The molecule has 7 nitrogen and oxygen atoms in total. The number of urea groups is 1. The summed E-state index contributed by atoms with van der Waals surface area (Å²) >= 11 is 1.27. The molecule has 0 bridgehead atoms. The van der Waals surface area contributed by atoms with E-state index >= 15 is 0 Å². The molecule has 0 fully saturated rings. The number of hydrogen-bond donors (Lipinski definition) is 2. The van der Waals surface area contributed by atoms with Gasteiger partial charge in [0.15, 0.2) is 12.4 Å². The molecule has 4 rings (SSSR count). The minimum Gasteiger partial charge on any atom is -0.455 e. The highest BCUT2D eigenvalue weighted by Gasteiger charge is 2.25. The molecule has 0 heterocycles. The Labute approximate surface area is 201 Å². The average molecular weight is 477 g/mol. The molecule has 3 aromatic rings. The van der Waals surface area contributed by atoms with Crippen LogP contribution in [0.2, 0.25) is 0 Å². The van der Waals surface area contributed by atoms with Crippen molar-refractivity contribution in [2.24, 2.45) is 0 Å². The molecule has 0 atom stereocenters. The van der Waals surface area contributed by atoms with Gasteiger partial charge in [0.2, 0.25) is 0 Å². The average Bonchev–Trinajstić information content (AvgIpc) is 2.78. The number of hydrogen-bond acceptors (Lipinski definition) is 6. The van der Waals surface area contributed by atoms with Gasteiger partial charge < -0.3 is 10.1 Å². The molecule has 174 valence electrons. The van der Waals surface area contributed by atoms with Crippen molar-refractivity contribution in [1.82, 2.24) is 10.6 Å². The van der Waals surface area contributed by atoms with Crippen LogP contribution in [0.3, 0.4) is 0 Å². The van der Waals surface area contributed by atoms with Gasteiger partial charge in [-0.1, -0.05) is 48.5 Å². The number of rotatable bonds is 5. The number of esters is 1. The van der Waals surface area contributed by atoms with Gasteiger partial charge in [-0.2, -0.15) is 0 Å². The van der Waals surface area contributed by atoms with Crippen LogP contribution in [0.1, 0.15) is 36.7 Å². The summed E-state index contributed by atoms with van der Waals surface area (Å²) in [4.78, 5) is 49.6. The molecular weight excluding hydrogens is 452 g/mol. The van der Waals surface area contributed by atoms with Crippen molar-refractivity contribution in [3.8, 4) is 11.1 Å². The maximum atomic E-state index is 13.0. The van der Waals surface area contributed by atoms with Crippen molar-refractivity contribution in [1.29, 1.82) is 0 Å². The van der Waals surface area contributed by atoms with E-state index in [9.17, 15) is 19.2 Å². The number of amides is 3. The predicted molar refractivity (Wildman–Crippen MR) is 131 cm³/mol. The maximum absolute atomic E-state index is 13.0. The number of carbonyl (C=O) groups is 4. The van der Waals surface area contributed by atoms with E-state index in [0.29, 0.717) is 11.1 Å². The highest BCUT2D eigenvalue weighted by atomic mass is 32.2. The van der Waals surface area contributed by atoms with Gasteiger partial charge in [-0.15, -0.1) is 11.8 Å². The Morgan fingerprint density at radius 2 is 1.59 bits per heavy atom. The van der Waals surface area contributed by atoms with Crippen LogP contribution >= 0.6 is 11.8 Å². The van der Waals surface area contributed by atoms with E-state index in [1.54, 1.807) is 20.8 Å². The summed E-state index contributed by atoms with van der Waals surface area (Å²) in [6.07, 6.45) is 0. The van der Waals surface area contributed by atoms with Crippen molar-refractivity contribution in [2.45, 2.75) is 31.2 Å². The van der Waals surface area contributed by atoms with Crippen LogP contribution < -0.4 is 10.6 Å². The minimum absolute atomic E-state index is 0.0169. The summed E-state index contributed by atoms with van der Waals surface area (Å²) in [5, 5.41) is 6.46. The normalized spacial score (nSPS) is 12.1. The summed E-state index contributed by atoms with van der Waals surface area (Å²) in [6, 6.07) is 16.4. The van der Waals surface area contributed by atoms with Crippen molar-refractivity contribution in [2.75, 3.05) is 12.4 Å². The molecular formula is C26H24N2O5S. The first-order valence-electron chi connectivity index (χ1n) is 10.7. The first-order chi connectivity index (χ1) is 16.1. The molecule has 0 saturated heterocycles. The van der Waals surface area contributed by atoms with Crippen LogP contribution in [0.4, 0.5) is 4.79 Å². The number of fused-ring (bicyclic) bond motifs is 2. The molecule has 0 spiro atoms. The summed E-state index contributed by atoms with van der Waals surface area (Å²) in [7, 11) is 0. The van der Waals surface area contributed by atoms with Crippen LogP contribution in [0, 0.1) is 0 Å². The first kappa shape index (κ1) is 23.5. The second-order valence-corrected chi connectivity index (χ2v) is 9.93. The summed E-state index contributed by atoms with van der Waals surface area (Å²) < 4.78 is 5.01. The molecule has 0 aliphatic heterocycles. The number of imide groups is 1. The Hall–Kier alpha value is -3.65. The van der Waals surface area contributed by atoms with E-state index < -0.39 is 30.1 Å². The van der Waals surface area contributed by atoms with Crippen LogP contribution in [0.25, 0.3) is 21.9 Å². The van der Waals surface area contributed by atoms with E-state index in [4.69, 9.17) is 4.74 Å². The quantitative estimate of drug-likeness (QED) is 0.329. The molecule has 1 aliphatic rings. The monoisotopic (exact) mass is 476 g/mol. The molecule has 34 heavy (non-hydrogen) atoms. The van der Waals surface area contributed by atoms with Crippen molar-refractivity contribution in [3.63, 3.8) is 0 Å². The third kappa shape index (κ3) is 4.97. The highest BCUT2D eigenvalue weighted by molar-refractivity contribution is 8.00. The van der Waals surface area contributed by atoms with Gasteiger partial charge in [0, 0.05) is 26.9 Å². The lowest BCUT2D eigenvalue weighted by Gasteiger charge is -2.21. The van der Waals surface area contributed by atoms with Crippen molar-refractivity contribution >= 4 is 46.2 Å². The zero-order chi connectivity index (χ0) is 24.5. The van der Waals surface area contributed by atoms with Gasteiger partial charge in [-0.05, 0) is 43.4 Å². The van der Waals surface area contributed by atoms with E-state index in [2.05, 4.69) is 10.6 Å². The van der Waals surface area contributed by atoms with Crippen LogP contribution in [0.15, 0.2) is 59.5 Å². The molecule has 0 unspecified atom stereocenters. The summed E-state index contributed by atoms with van der Waals surface area (Å²) in [6.45, 7) is 4.80. The van der Waals surface area contributed by atoms with E-state index in [0.717, 1.165) is 26.8 Å². The molecule has 8 heteroatoms. The third-order valence-electron chi connectivity index (χ3n) is 5.16. The predicted octanol–water partition coefficient (Wildman–Crippen LogP) is 4.31. The van der Waals surface area contributed by atoms with Crippen LogP contribution in [-0.4, -0.2) is 41.6 Å².